The number of aryl methyl sites for hydroxylation is 3. The first-order valence-corrected chi connectivity index (χ1v) is 10.1. The summed E-state index contributed by atoms with van der Waals surface area (Å²) in [7, 11) is 1.27. The predicted molar refractivity (Wildman–Crippen MR) is 114 cm³/mol. The smallest absolute Gasteiger partial charge is 0.325 e. The fourth-order valence-electron chi connectivity index (χ4n) is 3.41. The highest BCUT2D eigenvalue weighted by atomic mass is 32.2. The lowest BCUT2D eigenvalue weighted by Crippen LogP contribution is -2.27. The second-order valence-electron chi connectivity index (χ2n) is 6.86. The number of para-hydroxylation sites is 1. The van der Waals surface area contributed by atoms with Gasteiger partial charge in [0.15, 0.2) is 10.9 Å². The summed E-state index contributed by atoms with van der Waals surface area (Å²) in [4.78, 5) is 42.1. The first kappa shape index (κ1) is 20.8. The van der Waals surface area contributed by atoms with Crippen molar-refractivity contribution in [2.45, 2.75) is 32.5 Å². The number of rotatable bonds is 6. The van der Waals surface area contributed by atoms with Crippen LogP contribution < -0.4 is 5.56 Å². The van der Waals surface area contributed by atoms with Gasteiger partial charge in [-0.25, -0.2) is 4.98 Å². The van der Waals surface area contributed by atoms with Gasteiger partial charge in [0, 0.05) is 5.56 Å². The predicted octanol–water partition coefficient (Wildman–Crippen LogP) is 3.47. The number of thioether (sulfide) groups is 1. The van der Waals surface area contributed by atoms with Crippen molar-refractivity contribution in [1.82, 2.24) is 9.55 Å². The summed E-state index contributed by atoms with van der Waals surface area (Å²) in [5.74, 6) is -0.490. The molecule has 2 aromatic carbocycles. The molecule has 3 aromatic rings. The Labute approximate surface area is 172 Å². The van der Waals surface area contributed by atoms with Crippen molar-refractivity contribution < 1.29 is 14.3 Å². The number of benzene rings is 2. The Morgan fingerprint density at radius 2 is 1.76 bits per heavy atom. The van der Waals surface area contributed by atoms with Crippen LogP contribution in [0.5, 0.6) is 0 Å². The van der Waals surface area contributed by atoms with Gasteiger partial charge in [-0.15, -0.1) is 0 Å². The molecule has 0 fully saturated rings. The molecule has 0 saturated carbocycles. The number of esters is 1. The molecule has 1 aromatic heterocycles. The van der Waals surface area contributed by atoms with Crippen molar-refractivity contribution in [1.29, 1.82) is 0 Å². The average Bonchev–Trinajstić information content (AvgIpc) is 2.67. The highest BCUT2D eigenvalue weighted by molar-refractivity contribution is 7.99. The van der Waals surface area contributed by atoms with Crippen LogP contribution in [-0.2, 0) is 16.1 Å². The molecular weight excluding hydrogens is 388 g/mol. The molecule has 0 aliphatic heterocycles. The summed E-state index contributed by atoms with van der Waals surface area (Å²) < 4.78 is 5.98. The number of hydrogen-bond donors (Lipinski definition) is 0. The van der Waals surface area contributed by atoms with Crippen LogP contribution in [0.4, 0.5) is 0 Å². The summed E-state index contributed by atoms with van der Waals surface area (Å²) in [6.07, 6.45) is 0. The SMILES string of the molecule is COC(=O)Cn1c(SCC(=O)c2c(C)cc(C)cc2C)nc2ccccc2c1=O. The minimum absolute atomic E-state index is 0.0444. The van der Waals surface area contributed by atoms with E-state index in [2.05, 4.69) is 4.98 Å². The van der Waals surface area contributed by atoms with Gasteiger partial charge in [-0.3, -0.25) is 19.0 Å². The number of carbonyl (C=O) groups excluding carboxylic acids is 2. The standard InChI is InChI=1S/C22H22N2O4S/c1-13-9-14(2)20(15(3)10-13)18(25)12-29-22-23-17-8-6-5-7-16(17)21(27)24(22)11-19(26)28-4/h5-10H,11-12H2,1-4H3. The second-order valence-corrected chi connectivity index (χ2v) is 7.81. The fourth-order valence-corrected chi connectivity index (χ4v) is 4.28. The van der Waals surface area contributed by atoms with Gasteiger partial charge < -0.3 is 4.74 Å². The molecule has 0 bridgehead atoms. The fraction of sp³-hybridized carbons (Fsp3) is 0.273. The maximum atomic E-state index is 12.9. The largest absolute Gasteiger partial charge is 0.468 e. The first-order chi connectivity index (χ1) is 13.8. The molecule has 1 heterocycles. The maximum absolute atomic E-state index is 12.9. The Morgan fingerprint density at radius 3 is 2.41 bits per heavy atom. The van der Waals surface area contributed by atoms with Gasteiger partial charge in [-0.2, -0.15) is 0 Å². The van der Waals surface area contributed by atoms with Crippen LogP contribution in [0.3, 0.4) is 0 Å². The number of aromatic nitrogens is 2. The lowest BCUT2D eigenvalue weighted by molar-refractivity contribution is -0.141. The highest BCUT2D eigenvalue weighted by Crippen LogP contribution is 2.22. The van der Waals surface area contributed by atoms with Crippen molar-refractivity contribution in [3.05, 3.63) is 69.0 Å². The molecule has 0 aliphatic rings. The van der Waals surface area contributed by atoms with Crippen LogP contribution in [0.2, 0.25) is 0 Å². The number of hydrogen-bond acceptors (Lipinski definition) is 6. The van der Waals surface area contributed by atoms with Gasteiger partial charge in [0.25, 0.3) is 5.56 Å². The topological polar surface area (TPSA) is 78.3 Å². The van der Waals surface area contributed by atoms with Gasteiger partial charge in [0.05, 0.1) is 23.8 Å². The number of fused-ring (bicyclic) bond motifs is 1. The number of nitrogens with zero attached hydrogens (tertiary/aromatic N) is 2. The molecule has 0 saturated heterocycles. The van der Waals surface area contributed by atoms with E-state index in [0.717, 1.165) is 28.5 Å². The zero-order valence-corrected chi connectivity index (χ0v) is 17.6. The van der Waals surface area contributed by atoms with Crippen molar-refractivity contribution in [3.63, 3.8) is 0 Å². The highest BCUT2D eigenvalue weighted by Gasteiger charge is 2.18. The number of methoxy groups -OCH3 is 1. The van der Waals surface area contributed by atoms with Crippen molar-refractivity contribution in [2.24, 2.45) is 0 Å². The lowest BCUT2D eigenvalue weighted by atomic mass is 9.97. The van der Waals surface area contributed by atoms with E-state index < -0.39 is 5.97 Å². The first-order valence-electron chi connectivity index (χ1n) is 9.12. The molecule has 150 valence electrons. The van der Waals surface area contributed by atoms with E-state index in [9.17, 15) is 14.4 Å². The zero-order chi connectivity index (χ0) is 21.1. The number of Topliss-reactive ketones (excluding diaryl/α,β-unsaturated/α-hetero) is 1. The van der Waals surface area contributed by atoms with Crippen molar-refractivity contribution in [3.8, 4) is 0 Å². The molecule has 0 aliphatic carbocycles. The quantitative estimate of drug-likeness (QED) is 0.268. The van der Waals surface area contributed by atoms with E-state index in [4.69, 9.17) is 4.74 Å². The van der Waals surface area contributed by atoms with Crippen LogP contribution in [0.1, 0.15) is 27.0 Å². The van der Waals surface area contributed by atoms with Crippen LogP contribution >= 0.6 is 11.8 Å². The third kappa shape index (κ3) is 4.40. The lowest BCUT2D eigenvalue weighted by Gasteiger charge is -2.13. The van der Waals surface area contributed by atoms with Crippen LogP contribution in [0.25, 0.3) is 10.9 Å². The van der Waals surface area contributed by atoms with E-state index in [0.29, 0.717) is 21.6 Å². The minimum atomic E-state index is -0.553. The van der Waals surface area contributed by atoms with Crippen LogP contribution in [0.15, 0.2) is 46.3 Å². The molecule has 29 heavy (non-hydrogen) atoms. The van der Waals surface area contributed by atoms with Crippen molar-refractivity contribution in [2.75, 3.05) is 12.9 Å². The average molecular weight is 410 g/mol. The maximum Gasteiger partial charge on any atom is 0.325 e. The second kappa shape index (κ2) is 8.61. The third-order valence-electron chi connectivity index (χ3n) is 4.63. The van der Waals surface area contributed by atoms with E-state index in [-0.39, 0.29) is 23.6 Å². The van der Waals surface area contributed by atoms with E-state index in [1.807, 2.05) is 32.9 Å². The summed E-state index contributed by atoms with van der Waals surface area (Å²) in [6.45, 7) is 5.57. The monoisotopic (exact) mass is 410 g/mol. The van der Waals surface area contributed by atoms with E-state index in [1.54, 1.807) is 24.3 Å². The summed E-state index contributed by atoms with van der Waals surface area (Å²) in [5, 5.41) is 0.729. The summed E-state index contributed by atoms with van der Waals surface area (Å²) in [6, 6.07) is 10.9. The van der Waals surface area contributed by atoms with E-state index in [1.165, 1.54) is 11.7 Å². The molecule has 0 N–H and O–H groups in total. The van der Waals surface area contributed by atoms with Crippen LogP contribution in [0, 0.1) is 20.8 Å². The third-order valence-corrected chi connectivity index (χ3v) is 5.61. The van der Waals surface area contributed by atoms with Gasteiger partial charge in [-0.1, -0.05) is 41.6 Å². The molecule has 0 atom stereocenters. The Bertz CT molecular complexity index is 1140. The molecule has 0 unspecified atom stereocenters. The molecule has 0 amide bonds. The summed E-state index contributed by atoms with van der Waals surface area (Å²) >= 11 is 1.15. The van der Waals surface area contributed by atoms with Crippen LogP contribution in [-0.4, -0.2) is 34.2 Å². The number of carbonyl (C=O) groups is 2. The molecular formula is C22H22N2O4S. The van der Waals surface area contributed by atoms with Gasteiger partial charge in [0.1, 0.15) is 6.54 Å². The normalized spacial score (nSPS) is 10.9. The van der Waals surface area contributed by atoms with Gasteiger partial charge in [0.2, 0.25) is 0 Å². The molecule has 6 nitrogen and oxygen atoms in total. The molecule has 3 rings (SSSR count). The number of ketones is 1. The zero-order valence-electron chi connectivity index (χ0n) is 16.8. The molecule has 7 heteroatoms. The Morgan fingerprint density at radius 1 is 1.10 bits per heavy atom. The minimum Gasteiger partial charge on any atom is -0.468 e. The molecule has 0 radical (unpaired) electrons. The van der Waals surface area contributed by atoms with E-state index >= 15 is 0 Å². The Kier molecular flexibility index (Phi) is 6.17. The number of ether oxygens (including phenoxy) is 1. The Balaban J connectivity index is 1.97. The van der Waals surface area contributed by atoms with Gasteiger partial charge in [-0.05, 0) is 44.0 Å². The molecule has 0 spiro atoms. The summed E-state index contributed by atoms with van der Waals surface area (Å²) in [5.41, 5.74) is 3.83. The van der Waals surface area contributed by atoms with Crippen molar-refractivity contribution >= 4 is 34.4 Å². The Hall–Kier alpha value is -2.93. The van der Waals surface area contributed by atoms with Gasteiger partial charge >= 0.3 is 5.97 Å².